The second-order valence-electron chi connectivity index (χ2n) is 11.2. The first-order valence-corrected chi connectivity index (χ1v) is 15.5. The molecule has 0 amide bonds. The van der Waals surface area contributed by atoms with E-state index in [1.165, 1.54) is 12.1 Å². The lowest BCUT2D eigenvalue weighted by molar-refractivity contribution is -0.144. The van der Waals surface area contributed by atoms with Crippen LogP contribution in [0.3, 0.4) is 0 Å². The van der Waals surface area contributed by atoms with Gasteiger partial charge in [-0.05, 0) is 42.7 Å². The molecular weight excluding hydrogens is 679 g/mol. The Morgan fingerprint density at radius 2 is 1.87 bits per heavy atom. The number of nitrogens with zero attached hydrogens (tertiary/aromatic N) is 6. The molecule has 1 atom stereocenters. The molecule has 9 nitrogen and oxygen atoms in total. The molecule has 1 aromatic carbocycles. The van der Waals surface area contributed by atoms with Crippen molar-refractivity contribution in [3.8, 4) is 16.6 Å². The number of rotatable bonds is 8. The molecule has 18 heteroatoms. The number of ether oxygens (including phenoxy) is 2. The standard InChI is InChI=1S/C29H23ClF7N7O2S/c30-16-2-1-15(19(31)8-16)13-46-25-18(28(32,33)34)7-14-3-5-43(11-20(14)38-25)12-23-39-26-21(44(23)10-17-4-6-45-17)9-22(47-26)24-40-27(42-41-24)29(35,36)37/h1-2,7-9,17H,3-6,10-13H2,(H,40,41,42)/t17-/m0/s1. The number of fused-ring (bicyclic) bond motifs is 2. The van der Waals surface area contributed by atoms with Crippen molar-refractivity contribution in [2.45, 2.75) is 57.5 Å². The molecule has 5 aromatic rings. The van der Waals surface area contributed by atoms with Crippen molar-refractivity contribution in [3.63, 3.8) is 0 Å². The van der Waals surface area contributed by atoms with Crippen LogP contribution in [0.2, 0.25) is 5.02 Å². The van der Waals surface area contributed by atoms with Crippen LogP contribution in [0.1, 0.15) is 40.5 Å². The van der Waals surface area contributed by atoms with E-state index >= 15 is 0 Å². The van der Waals surface area contributed by atoms with Crippen LogP contribution in [0, 0.1) is 5.82 Å². The first-order chi connectivity index (χ1) is 22.3. The third kappa shape index (κ3) is 6.53. The number of nitrogens with one attached hydrogen (secondary N) is 1. The van der Waals surface area contributed by atoms with E-state index < -0.39 is 42.0 Å². The molecule has 1 fully saturated rings. The first kappa shape index (κ1) is 31.8. The van der Waals surface area contributed by atoms with Crippen LogP contribution in [0.5, 0.6) is 5.88 Å². The van der Waals surface area contributed by atoms with Gasteiger partial charge in [0.25, 0.3) is 0 Å². The number of H-pyrrole nitrogens is 1. The average molecular weight is 702 g/mol. The van der Waals surface area contributed by atoms with Crippen molar-refractivity contribution in [2.75, 3.05) is 13.2 Å². The predicted octanol–water partition coefficient (Wildman–Crippen LogP) is 7.03. The van der Waals surface area contributed by atoms with Crippen molar-refractivity contribution in [1.29, 1.82) is 0 Å². The van der Waals surface area contributed by atoms with Crippen molar-refractivity contribution in [2.24, 2.45) is 0 Å². The Bertz CT molecular complexity index is 1950. The molecule has 248 valence electrons. The van der Waals surface area contributed by atoms with Gasteiger partial charge in [-0.2, -0.15) is 31.4 Å². The van der Waals surface area contributed by atoms with Gasteiger partial charge in [-0.25, -0.2) is 19.3 Å². The highest BCUT2D eigenvalue weighted by atomic mass is 35.5. The molecule has 2 aliphatic rings. The minimum Gasteiger partial charge on any atom is -0.472 e. The van der Waals surface area contributed by atoms with Gasteiger partial charge in [0.1, 0.15) is 28.6 Å². The number of imidazole rings is 1. The summed E-state index contributed by atoms with van der Waals surface area (Å²) in [6.45, 7) is 1.53. The zero-order valence-electron chi connectivity index (χ0n) is 24.1. The highest BCUT2D eigenvalue weighted by Gasteiger charge is 2.38. The monoisotopic (exact) mass is 701 g/mol. The van der Waals surface area contributed by atoms with Gasteiger partial charge in [0.05, 0.1) is 35.3 Å². The minimum atomic E-state index is -4.74. The molecular formula is C29H23ClF7N7O2S. The molecule has 0 spiro atoms. The third-order valence-electron chi connectivity index (χ3n) is 7.96. The minimum absolute atomic E-state index is 0.0259. The Morgan fingerprint density at radius 3 is 2.55 bits per heavy atom. The Morgan fingerprint density at radius 1 is 1.06 bits per heavy atom. The van der Waals surface area contributed by atoms with Gasteiger partial charge in [0.2, 0.25) is 11.7 Å². The van der Waals surface area contributed by atoms with E-state index in [1.807, 2.05) is 14.6 Å². The Hall–Kier alpha value is -3.80. The van der Waals surface area contributed by atoms with Gasteiger partial charge in [-0.15, -0.1) is 11.3 Å². The summed E-state index contributed by atoms with van der Waals surface area (Å²) < 4.78 is 108. The lowest BCUT2D eigenvalue weighted by Gasteiger charge is -2.30. The van der Waals surface area contributed by atoms with Gasteiger partial charge in [0.15, 0.2) is 5.82 Å². The van der Waals surface area contributed by atoms with E-state index in [4.69, 9.17) is 26.1 Å². The van der Waals surface area contributed by atoms with Gasteiger partial charge < -0.3 is 14.0 Å². The smallest absolute Gasteiger partial charge is 0.451 e. The average Bonchev–Trinajstić information content (AvgIpc) is 3.69. The van der Waals surface area contributed by atoms with Crippen molar-refractivity contribution >= 4 is 33.3 Å². The molecule has 2 aliphatic heterocycles. The number of thiophene rings is 1. The van der Waals surface area contributed by atoms with Crippen molar-refractivity contribution < 1.29 is 40.2 Å². The largest absolute Gasteiger partial charge is 0.472 e. The molecule has 7 rings (SSSR count). The molecule has 1 saturated heterocycles. The van der Waals surface area contributed by atoms with Crippen LogP contribution >= 0.6 is 22.9 Å². The maximum atomic E-state index is 14.3. The summed E-state index contributed by atoms with van der Waals surface area (Å²) >= 11 is 6.93. The van der Waals surface area contributed by atoms with E-state index in [2.05, 4.69) is 15.1 Å². The normalized spacial score (nSPS) is 17.2. The molecule has 4 aromatic heterocycles. The van der Waals surface area contributed by atoms with E-state index in [1.54, 1.807) is 6.07 Å². The van der Waals surface area contributed by atoms with Crippen LogP contribution in [0.25, 0.3) is 21.0 Å². The molecule has 0 radical (unpaired) electrons. The summed E-state index contributed by atoms with van der Waals surface area (Å²) in [5.41, 5.74) is 0.493. The molecule has 0 bridgehead atoms. The van der Waals surface area contributed by atoms with Crippen molar-refractivity contribution in [1.82, 2.24) is 34.6 Å². The fraction of sp³-hybridized carbons (Fsp3) is 0.379. The number of halogens is 8. The van der Waals surface area contributed by atoms with Crippen LogP contribution in [0.4, 0.5) is 30.7 Å². The number of pyridine rings is 1. The molecule has 1 N–H and O–H groups in total. The summed E-state index contributed by atoms with van der Waals surface area (Å²) in [6.07, 6.45) is -8.36. The zero-order chi connectivity index (χ0) is 33.1. The zero-order valence-corrected chi connectivity index (χ0v) is 25.6. The lowest BCUT2D eigenvalue weighted by atomic mass is 10.0. The Labute approximate surface area is 270 Å². The fourth-order valence-corrected chi connectivity index (χ4v) is 6.60. The first-order valence-electron chi connectivity index (χ1n) is 14.3. The fourth-order valence-electron chi connectivity index (χ4n) is 5.46. The van der Waals surface area contributed by atoms with Gasteiger partial charge in [0, 0.05) is 30.3 Å². The van der Waals surface area contributed by atoms with E-state index in [-0.39, 0.29) is 35.5 Å². The highest BCUT2D eigenvalue weighted by molar-refractivity contribution is 7.21. The van der Waals surface area contributed by atoms with Crippen molar-refractivity contribution in [3.05, 3.63) is 75.2 Å². The maximum absolute atomic E-state index is 14.3. The molecule has 0 saturated carbocycles. The predicted molar refractivity (Wildman–Crippen MR) is 155 cm³/mol. The maximum Gasteiger partial charge on any atom is 0.451 e. The van der Waals surface area contributed by atoms with Crippen LogP contribution in [-0.4, -0.2) is 53.9 Å². The summed E-state index contributed by atoms with van der Waals surface area (Å²) in [6, 6.07) is 6.52. The quantitative estimate of drug-likeness (QED) is 0.174. The molecule has 47 heavy (non-hydrogen) atoms. The van der Waals surface area contributed by atoms with E-state index in [0.717, 1.165) is 29.9 Å². The Balaban J connectivity index is 1.14. The summed E-state index contributed by atoms with van der Waals surface area (Å²) in [7, 11) is 0. The lowest BCUT2D eigenvalue weighted by Crippen LogP contribution is -2.34. The number of hydrogen-bond donors (Lipinski definition) is 1. The second kappa shape index (κ2) is 12.0. The number of aromatic nitrogens is 6. The number of benzene rings is 1. The van der Waals surface area contributed by atoms with Gasteiger partial charge >= 0.3 is 12.4 Å². The van der Waals surface area contributed by atoms with Gasteiger partial charge in [-0.3, -0.25) is 10.00 Å². The third-order valence-corrected chi connectivity index (χ3v) is 9.21. The van der Waals surface area contributed by atoms with E-state index in [9.17, 15) is 30.7 Å². The summed E-state index contributed by atoms with van der Waals surface area (Å²) in [5.74, 6) is -2.00. The van der Waals surface area contributed by atoms with Crippen LogP contribution in [-0.2, 0) is 49.8 Å². The summed E-state index contributed by atoms with van der Waals surface area (Å²) in [4.78, 5) is 15.6. The SMILES string of the molecule is Fc1cc(Cl)ccc1COc1nc2c(cc1C(F)(F)F)CCN(Cc1nc3sc(-c4n[nH]c(C(F)(F)F)n4)cc3n1C[C@@H]1CCO1)C2. The van der Waals surface area contributed by atoms with E-state index in [0.29, 0.717) is 58.5 Å². The molecule has 0 unspecified atom stereocenters. The van der Waals surface area contributed by atoms with Crippen LogP contribution in [0.15, 0.2) is 30.3 Å². The number of alkyl halides is 6. The van der Waals surface area contributed by atoms with Gasteiger partial charge in [-0.1, -0.05) is 17.7 Å². The Kier molecular flexibility index (Phi) is 8.13. The topological polar surface area (TPSA) is 94.0 Å². The molecule has 0 aliphatic carbocycles. The molecule has 6 heterocycles. The van der Waals surface area contributed by atoms with Crippen LogP contribution < -0.4 is 4.74 Å². The number of hydrogen-bond acceptors (Lipinski definition) is 8. The highest BCUT2D eigenvalue weighted by Crippen LogP contribution is 2.39. The summed E-state index contributed by atoms with van der Waals surface area (Å²) in [5, 5.41) is 5.79. The number of aromatic amines is 1. The second-order valence-corrected chi connectivity index (χ2v) is 12.6.